The molecule has 109 heavy (non-hydrogen) atoms. The molecule has 12 heterocycles. The zero-order valence-electron chi connectivity index (χ0n) is 70.0. The van der Waals surface area contributed by atoms with E-state index in [0.29, 0.717) is 56.6 Å². The van der Waals surface area contributed by atoms with E-state index < -0.39 is 0 Å². The standard InChI is InChI=1S/C18H33N3O3.C17H31N3O3.C16H31N3O2.C15H27N3O3.C15H29N3O2/c1-19-9-5-16(6-10-19)21-8-2-4-17(21)18(22)24-13-3-7-20-11-14-23-15-12-20;1-18-7-4-15(5-8-18)20-6-2-3-16(20)17(21)23-14-11-19-9-12-22-13-10-19;1-17(2)9-5-13-21-16(20)15-6-4-10-19(15)14-7-11-18(3)12-8-14;1-16(2)14(19)11-21-15(20)13-5-4-8-18(13)12-6-9-17(3)10-7-12;1-16(2)11-12-20-15(19)14-5-4-8-18(14)13-6-9-17(3)10-7-13/h16-17H,2-15H2,1H3;15-16H,2-14H2,1H3;14-15H,4-13H2,1-3H3;12-13H,4-11H2,1-3H3;13-14H,4-12H2,1-3H3. The minimum absolute atomic E-state index is 0.00166. The van der Waals surface area contributed by atoms with Gasteiger partial charge in [0.25, 0.3) is 5.91 Å². The van der Waals surface area contributed by atoms with Gasteiger partial charge in [0.15, 0.2) is 6.61 Å². The number of nitrogens with zero attached hydrogens (tertiary/aromatic N) is 15. The van der Waals surface area contributed by atoms with Crippen molar-refractivity contribution in [2.45, 2.75) is 202 Å². The predicted molar refractivity (Wildman–Crippen MR) is 426 cm³/mol. The average molecular weight is 1540 g/mol. The highest BCUT2D eigenvalue weighted by molar-refractivity contribution is 5.82. The van der Waals surface area contributed by atoms with E-state index in [0.717, 1.165) is 267 Å². The fourth-order valence-electron chi connectivity index (χ4n) is 18.0. The molecule has 0 spiro atoms. The lowest BCUT2D eigenvalue weighted by molar-refractivity contribution is -0.156. The highest BCUT2D eigenvalue weighted by Gasteiger charge is 2.43. The number of amides is 1. The van der Waals surface area contributed by atoms with Gasteiger partial charge in [0, 0.05) is 96.7 Å². The van der Waals surface area contributed by atoms with Crippen LogP contribution in [0.1, 0.15) is 141 Å². The van der Waals surface area contributed by atoms with Crippen LogP contribution in [0.5, 0.6) is 0 Å². The van der Waals surface area contributed by atoms with Crippen molar-refractivity contribution in [3.05, 3.63) is 0 Å². The molecule has 28 nitrogen and oxygen atoms in total. The topological polar surface area (TPSA) is 216 Å². The highest BCUT2D eigenvalue weighted by Crippen LogP contribution is 2.32. The van der Waals surface area contributed by atoms with Crippen molar-refractivity contribution >= 4 is 35.8 Å². The van der Waals surface area contributed by atoms with Crippen molar-refractivity contribution in [2.75, 3.05) is 288 Å². The first-order valence-corrected chi connectivity index (χ1v) is 42.8. The first-order valence-electron chi connectivity index (χ1n) is 42.8. The zero-order valence-corrected chi connectivity index (χ0v) is 70.0. The first-order chi connectivity index (χ1) is 52.6. The molecular formula is C81H151N15O13. The van der Waals surface area contributed by atoms with Crippen LogP contribution in [0.15, 0.2) is 0 Å². The van der Waals surface area contributed by atoms with Crippen molar-refractivity contribution in [3.63, 3.8) is 0 Å². The Morgan fingerprint density at radius 1 is 0.303 bits per heavy atom. The highest BCUT2D eigenvalue weighted by atomic mass is 16.6. The Balaban J connectivity index is 0.000000172. The third-order valence-electron chi connectivity index (χ3n) is 25.0. The van der Waals surface area contributed by atoms with Crippen LogP contribution in [0.25, 0.3) is 0 Å². The molecule has 5 atom stereocenters. The Morgan fingerprint density at radius 2 is 0.569 bits per heavy atom. The summed E-state index contributed by atoms with van der Waals surface area (Å²) in [7, 11) is 22.2. The number of hydrogen-bond acceptors (Lipinski definition) is 27. The van der Waals surface area contributed by atoms with Gasteiger partial charge in [0.05, 0.1) is 39.6 Å². The van der Waals surface area contributed by atoms with Gasteiger partial charge < -0.3 is 72.4 Å². The Kier molecular flexibility index (Phi) is 40.9. The van der Waals surface area contributed by atoms with Crippen LogP contribution in [0.4, 0.5) is 0 Å². The SMILES string of the molecule is CN(C)CCCOC(=O)C1CCCN1C1CCN(C)CC1.CN(C)CCOC(=O)C1CCCN1C1CCN(C)CC1.CN1CCC(N2CCCC2C(=O)OCC(=O)N(C)C)CC1.CN1CCC(N2CCCC2C(=O)OCCCN2CCOCC2)CC1.CN1CCC(N2CCCC2C(=O)OCCN2CCOCC2)CC1. The van der Waals surface area contributed by atoms with E-state index >= 15 is 0 Å². The summed E-state index contributed by atoms with van der Waals surface area (Å²) in [6.45, 7) is 29.2. The molecule has 628 valence electrons. The monoisotopic (exact) mass is 1540 g/mol. The number of carbonyl (C=O) groups excluding carboxylic acids is 6. The van der Waals surface area contributed by atoms with Crippen LogP contribution in [-0.2, 0) is 61.9 Å². The Bertz CT molecular complexity index is 2590. The minimum Gasteiger partial charge on any atom is -0.464 e. The van der Waals surface area contributed by atoms with Crippen LogP contribution in [-0.4, -0.2) is 457 Å². The summed E-state index contributed by atoms with van der Waals surface area (Å²) in [6, 6.07) is 2.60. The fraction of sp³-hybridized carbons (Fsp3) is 0.926. The van der Waals surface area contributed by atoms with Gasteiger partial charge in [-0.15, -0.1) is 0 Å². The molecule has 0 aromatic carbocycles. The quantitative estimate of drug-likeness (QED) is 0.0691. The van der Waals surface area contributed by atoms with E-state index in [1.54, 1.807) is 14.1 Å². The number of piperidine rings is 5. The van der Waals surface area contributed by atoms with Gasteiger partial charge in [0.1, 0.15) is 43.4 Å². The van der Waals surface area contributed by atoms with Crippen molar-refractivity contribution in [3.8, 4) is 0 Å². The Labute approximate surface area is 657 Å². The third kappa shape index (κ3) is 31.0. The number of likely N-dealkylation sites (N-methyl/N-ethyl adjacent to an activating group) is 2. The maximum atomic E-state index is 12.5. The van der Waals surface area contributed by atoms with Gasteiger partial charge in [-0.1, -0.05) is 0 Å². The second kappa shape index (κ2) is 49.2. The maximum Gasteiger partial charge on any atom is 0.323 e. The lowest BCUT2D eigenvalue weighted by atomic mass is 10.0. The molecule has 12 rings (SSSR count). The zero-order chi connectivity index (χ0) is 78.0. The number of hydrogen-bond donors (Lipinski definition) is 0. The largest absolute Gasteiger partial charge is 0.464 e. The van der Waals surface area contributed by atoms with Crippen molar-refractivity contribution in [2.24, 2.45) is 0 Å². The minimum atomic E-state index is -0.235. The summed E-state index contributed by atoms with van der Waals surface area (Å²) in [5.74, 6) is -0.412. The van der Waals surface area contributed by atoms with Crippen molar-refractivity contribution < 1.29 is 61.9 Å². The Morgan fingerprint density at radius 3 is 0.862 bits per heavy atom. The molecular weight excluding hydrogens is 1390 g/mol. The van der Waals surface area contributed by atoms with Crippen LogP contribution in [0, 0.1) is 0 Å². The third-order valence-corrected chi connectivity index (χ3v) is 25.0. The smallest absolute Gasteiger partial charge is 0.323 e. The molecule has 1 amide bonds. The van der Waals surface area contributed by atoms with E-state index in [-0.39, 0.29) is 72.6 Å². The van der Waals surface area contributed by atoms with Crippen LogP contribution in [0.3, 0.4) is 0 Å². The van der Waals surface area contributed by atoms with Gasteiger partial charge in [-0.05, 0) is 303 Å². The molecule has 0 aromatic heterocycles. The molecule has 12 saturated heterocycles. The van der Waals surface area contributed by atoms with Crippen LogP contribution < -0.4 is 0 Å². The van der Waals surface area contributed by atoms with Gasteiger partial charge in [-0.25, -0.2) is 0 Å². The molecule has 0 saturated carbocycles. The van der Waals surface area contributed by atoms with Gasteiger partial charge in [-0.3, -0.25) is 63.1 Å². The van der Waals surface area contributed by atoms with E-state index in [4.69, 9.17) is 33.2 Å². The molecule has 0 aliphatic carbocycles. The maximum absolute atomic E-state index is 12.5. The second-order valence-corrected chi connectivity index (χ2v) is 33.9. The van der Waals surface area contributed by atoms with Gasteiger partial charge >= 0.3 is 29.8 Å². The number of esters is 5. The number of likely N-dealkylation sites (tertiary alicyclic amines) is 10. The predicted octanol–water partition coefficient (Wildman–Crippen LogP) is 3.10. The van der Waals surface area contributed by atoms with E-state index in [1.807, 2.05) is 33.1 Å². The number of ether oxygens (including phenoxy) is 7. The lowest BCUT2D eigenvalue weighted by Crippen LogP contribution is -2.48. The van der Waals surface area contributed by atoms with Gasteiger partial charge in [0.2, 0.25) is 0 Å². The molecule has 28 heteroatoms. The molecule has 12 aliphatic heterocycles. The molecule has 0 radical (unpaired) electrons. The lowest BCUT2D eigenvalue weighted by Gasteiger charge is -2.37. The molecule has 12 fully saturated rings. The van der Waals surface area contributed by atoms with E-state index in [9.17, 15) is 28.8 Å². The number of morpholine rings is 2. The molecule has 0 N–H and O–H groups in total. The molecule has 12 aliphatic rings. The fourth-order valence-corrected chi connectivity index (χ4v) is 18.0. The van der Waals surface area contributed by atoms with E-state index in [2.05, 4.69) is 98.9 Å². The number of carbonyl (C=O) groups is 6. The summed E-state index contributed by atoms with van der Waals surface area (Å²) >= 11 is 0. The number of rotatable bonds is 26. The van der Waals surface area contributed by atoms with Gasteiger partial charge in [-0.2, -0.15) is 0 Å². The molecule has 0 aromatic rings. The van der Waals surface area contributed by atoms with Crippen molar-refractivity contribution in [1.82, 2.24) is 73.5 Å². The molecule has 0 bridgehead atoms. The van der Waals surface area contributed by atoms with E-state index in [1.165, 1.54) is 56.3 Å². The summed E-state index contributed by atoms with van der Waals surface area (Å²) in [4.78, 5) is 107. The Hall–Kier alpha value is -3.82. The average Bonchev–Trinajstić information content (AvgIpc) is 1.75. The normalized spacial score (nSPS) is 26.9. The van der Waals surface area contributed by atoms with Crippen molar-refractivity contribution in [1.29, 1.82) is 0 Å². The molecule has 5 unspecified atom stereocenters. The summed E-state index contributed by atoms with van der Waals surface area (Å²) < 4.78 is 38.1. The van der Waals surface area contributed by atoms with Crippen LogP contribution in [0.2, 0.25) is 0 Å². The second-order valence-electron chi connectivity index (χ2n) is 33.9. The summed E-state index contributed by atoms with van der Waals surface area (Å²) in [5.41, 5.74) is 0. The van der Waals surface area contributed by atoms with Crippen LogP contribution >= 0.6 is 0 Å². The first kappa shape index (κ1) is 90.7. The summed E-state index contributed by atoms with van der Waals surface area (Å²) in [6.07, 6.45) is 23.7. The summed E-state index contributed by atoms with van der Waals surface area (Å²) in [5, 5.41) is 0.